The summed E-state index contributed by atoms with van der Waals surface area (Å²) in [4.78, 5) is 11.3. The number of thiophene rings is 1. The molecule has 1 aliphatic carbocycles. The van der Waals surface area contributed by atoms with Gasteiger partial charge in [-0.1, -0.05) is 121 Å². The van der Waals surface area contributed by atoms with Crippen molar-refractivity contribution in [1.29, 1.82) is 0 Å². The van der Waals surface area contributed by atoms with Gasteiger partial charge in [-0.15, -0.1) is 11.3 Å². The molecular formula is C48H28N4S. The topological polar surface area (TPSA) is 35.1 Å². The highest BCUT2D eigenvalue weighted by atomic mass is 32.1. The van der Waals surface area contributed by atoms with E-state index in [4.69, 9.17) is 9.97 Å². The molecule has 0 radical (unpaired) electrons. The van der Waals surface area contributed by atoms with Gasteiger partial charge in [0.2, 0.25) is 5.95 Å². The summed E-state index contributed by atoms with van der Waals surface area (Å²) in [7, 11) is 0. The van der Waals surface area contributed by atoms with Crippen molar-refractivity contribution in [3.05, 3.63) is 151 Å². The van der Waals surface area contributed by atoms with E-state index >= 15 is 0 Å². The minimum atomic E-state index is 0.698. The van der Waals surface area contributed by atoms with Crippen LogP contribution in [0.25, 0.3) is 114 Å². The lowest BCUT2D eigenvalue weighted by molar-refractivity contribution is 0.926. The van der Waals surface area contributed by atoms with E-state index in [1.54, 1.807) is 11.3 Å². The van der Waals surface area contributed by atoms with Gasteiger partial charge in [0.25, 0.3) is 0 Å². The lowest BCUT2D eigenvalue weighted by Gasteiger charge is -2.12. The van der Waals surface area contributed by atoms with Gasteiger partial charge >= 0.3 is 0 Å². The third-order valence-electron chi connectivity index (χ3n) is 11.7. The highest BCUT2D eigenvalue weighted by molar-refractivity contribution is 7.26. The van der Waals surface area contributed by atoms with Crippen molar-refractivity contribution in [3.8, 4) is 17.2 Å². The first-order valence-corrected chi connectivity index (χ1v) is 19.1. The van der Waals surface area contributed by atoms with E-state index in [1.807, 2.05) is 0 Å². The summed E-state index contributed by atoms with van der Waals surface area (Å²) in [6.45, 7) is 0. The predicted molar refractivity (Wildman–Crippen MR) is 224 cm³/mol. The maximum atomic E-state index is 5.66. The van der Waals surface area contributed by atoms with Crippen molar-refractivity contribution in [3.63, 3.8) is 0 Å². The van der Waals surface area contributed by atoms with Crippen LogP contribution in [-0.4, -0.2) is 18.9 Å². The molecule has 0 atom stereocenters. The van der Waals surface area contributed by atoms with E-state index in [0.717, 1.165) is 50.7 Å². The molecule has 12 aromatic rings. The average molecular weight is 693 g/mol. The highest BCUT2D eigenvalue weighted by Crippen LogP contribution is 2.48. The molecule has 5 aromatic heterocycles. The van der Waals surface area contributed by atoms with E-state index < -0.39 is 0 Å². The Morgan fingerprint density at radius 2 is 1.34 bits per heavy atom. The molecule has 0 saturated carbocycles. The molecule has 53 heavy (non-hydrogen) atoms. The molecule has 0 N–H and O–H groups in total. The molecule has 7 aromatic carbocycles. The number of fused-ring (bicyclic) bond motifs is 16. The van der Waals surface area contributed by atoms with E-state index in [9.17, 15) is 0 Å². The highest BCUT2D eigenvalue weighted by Gasteiger charge is 2.28. The SMILES string of the molecule is C1=Cc2c(n3c4ccccc4c4c5c(cc2c43)c2ccc3ccccc3c2n5-c2nc(-c3ccc4ccccc4c3)c3sc4ccccc4c3n2)CC1. The normalized spacial score (nSPS) is 13.4. The Kier molecular flexibility index (Phi) is 5.33. The largest absolute Gasteiger partial charge is 0.312 e. The average Bonchev–Trinajstić information content (AvgIpc) is 3.96. The maximum absolute atomic E-state index is 5.66. The molecular weight excluding hydrogens is 665 g/mol. The molecule has 5 heterocycles. The number of nitrogens with zero attached hydrogens (tertiary/aromatic N) is 4. The lowest BCUT2D eigenvalue weighted by Crippen LogP contribution is -2.03. The van der Waals surface area contributed by atoms with E-state index in [-0.39, 0.29) is 0 Å². The van der Waals surface area contributed by atoms with Crippen molar-refractivity contribution in [1.82, 2.24) is 18.9 Å². The second-order valence-corrected chi connectivity index (χ2v) is 15.5. The van der Waals surface area contributed by atoms with Crippen molar-refractivity contribution >= 4 is 108 Å². The van der Waals surface area contributed by atoms with Crippen LogP contribution in [0.5, 0.6) is 0 Å². The minimum absolute atomic E-state index is 0.698. The fourth-order valence-corrected chi connectivity index (χ4v) is 10.6. The summed E-state index contributed by atoms with van der Waals surface area (Å²) in [6, 6.07) is 48.7. The van der Waals surface area contributed by atoms with Crippen molar-refractivity contribution in [2.75, 3.05) is 0 Å². The van der Waals surface area contributed by atoms with Crippen molar-refractivity contribution in [2.45, 2.75) is 12.8 Å². The predicted octanol–water partition coefficient (Wildman–Crippen LogP) is 12.9. The summed E-state index contributed by atoms with van der Waals surface area (Å²) in [5.74, 6) is 0.698. The molecule has 0 spiro atoms. The number of aryl methyl sites for hydroxylation is 1. The van der Waals surface area contributed by atoms with E-state index in [1.165, 1.54) is 75.5 Å². The summed E-state index contributed by atoms with van der Waals surface area (Å²) >= 11 is 1.78. The Bertz CT molecular complexity index is 3580. The fraction of sp³-hybridized carbons (Fsp3) is 0.0417. The van der Waals surface area contributed by atoms with Gasteiger partial charge in [0.05, 0.1) is 38.0 Å². The maximum Gasteiger partial charge on any atom is 0.235 e. The van der Waals surface area contributed by atoms with Crippen molar-refractivity contribution < 1.29 is 0 Å². The molecule has 0 unspecified atom stereocenters. The van der Waals surface area contributed by atoms with Gasteiger partial charge in [0.15, 0.2) is 0 Å². The molecule has 0 fully saturated rings. The number of hydrogen-bond acceptors (Lipinski definition) is 3. The number of allylic oxidation sites excluding steroid dienone is 1. The molecule has 13 rings (SSSR count). The Balaban J connectivity index is 1.27. The minimum Gasteiger partial charge on any atom is -0.312 e. The van der Waals surface area contributed by atoms with Gasteiger partial charge in [0, 0.05) is 59.2 Å². The standard InChI is InChI=1S/C48H28N4S/c1-2-13-29-25-30(22-21-27(29)11-1)42-47-43(35-17-7-10-20-40(35)53-47)50-48(49-42)52-44-31-14-4-3-12-28(31)23-24-33(44)37-26-36-32-15-5-8-18-38(32)51-39-19-9-6-16-34(39)41(45(36)51)46(37)52/h1-7,9-17,19-26H,8,18H2. The second-order valence-electron chi connectivity index (χ2n) is 14.4. The van der Waals surface area contributed by atoms with Gasteiger partial charge in [-0.2, -0.15) is 0 Å². The number of para-hydroxylation sites is 1. The zero-order chi connectivity index (χ0) is 34.4. The molecule has 1 aliphatic rings. The monoisotopic (exact) mass is 692 g/mol. The Morgan fingerprint density at radius 1 is 0.566 bits per heavy atom. The fourth-order valence-electron chi connectivity index (χ4n) is 9.44. The van der Waals surface area contributed by atoms with Crippen LogP contribution in [0.2, 0.25) is 0 Å². The number of aromatic nitrogens is 4. The summed E-state index contributed by atoms with van der Waals surface area (Å²) in [6.07, 6.45) is 6.78. The quantitative estimate of drug-likeness (QED) is 0.181. The van der Waals surface area contributed by atoms with Crippen LogP contribution < -0.4 is 0 Å². The third kappa shape index (κ3) is 3.59. The van der Waals surface area contributed by atoms with Gasteiger partial charge in [-0.25, -0.2) is 9.97 Å². The van der Waals surface area contributed by atoms with Gasteiger partial charge in [0.1, 0.15) is 0 Å². The first-order valence-electron chi connectivity index (χ1n) is 18.3. The third-order valence-corrected chi connectivity index (χ3v) is 12.8. The summed E-state index contributed by atoms with van der Waals surface area (Å²) in [5.41, 5.74) is 10.7. The van der Waals surface area contributed by atoms with E-state index in [2.05, 4.69) is 155 Å². The van der Waals surface area contributed by atoms with Crippen LogP contribution in [0.15, 0.2) is 140 Å². The van der Waals surface area contributed by atoms with Gasteiger partial charge < -0.3 is 4.40 Å². The van der Waals surface area contributed by atoms with Crippen LogP contribution in [-0.2, 0) is 6.42 Å². The van der Waals surface area contributed by atoms with Crippen LogP contribution in [0.3, 0.4) is 0 Å². The summed E-state index contributed by atoms with van der Waals surface area (Å²) < 4.78 is 7.29. The summed E-state index contributed by atoms with van der Waals surface area (Å²) in [5, 5.41) is 12.3. The molecule has 4 nitrogen and oxygen atoms in total. The number of benzene rings is 7. The molecule has 0 amide bonds. The molecule has 0 bridgehead atoms. The Hall–Kier alpha value is -6.56. The molecule has 0 saturated heterocycles. The van der Waals surface area contributed by atoms with Gasteiger partial charge in [-0.3, -0.25) is 4.57 Å². The van der Waals surface area contributed by atoms with Crippen LogP contribution in [0, 0.1) is 0 Å². The zero-order valence-corrected chi connectivity index (χ0v) is 29.3. The molecule has 5 heteroatoms. The van der Waals surface area contributed by atoms with Crippen LogP contribution in [0.4, 0.5) is 0 Å². The second kappa shape index (κ2) is 10.1. The first kappa shape index (κ1) is 28.1. The number of rotatable bonds is 2. The molecule has 246 valence electrons. The Morgan fingerprint density at radius 3 is 2.26 bits per heavy atom. The number of hydrogen-bond donors (Lipinski definition) is 0. The zero-order valence-electron chi connectivity index (χ0n) is 28.5. The smallest absolute Gasteiger partial charge is 0.235 e. The van der Waals surface area contributed by atoms with Crippen molar-refractivity contribution in [2.24, 2.45) is 0 Å². The van der Waals surface area contributed by atoms with Gasteiger partial charge in [-0.05, 0) is 53.3 Å². The Labute approximate surface area is 306 Å². The van der Waals surface area contributed by atoms with Crippen LogP contribution >= 0.6 is 11.3 Å². The van der Waals surface area contributed by atoms with Crippen LogP contribution in [0.1, 0.15) is 17.7 Å². The molecule has 0 aliphatic heterocycles. The first-order chi connectivity index (χ1) is 26.3. The lowest BCUT2D eigenvalue weighted by atomic mass is 9.98. The van der Waals surface area contributed by atoms with E-state index in [0.29, 0.717) is 5.95 Å².